The van der Waals surface area contributed by atoms with Crippen molar-refractivity contribution in [1.29, 1.82) is 0 Å². The van der Waals surface area contributed by atoms with Gasteiger partial charge >= 0.3 is 6.09 Å². The van der Waals surface area contributed by atoms with Crippen LogP contribution in [0, 0.1) is 5.92 Å². The van der Waals surface area contributed by atoms with Crippen LogP contribution in [0.1, 0.15) is 88.4 Å². The second-order valence-electron chi connectivity index (χ2n) is 10.2. The van der Waals surface area contributed by atoms with E-state index in [9.17, 15) is 14.7 Å². The number of amides is 2. The van der Waals surface area contributed by atoms with Crippen LogP contribution in [0.5, 0.6) is 0 Å². The molecule has 0 saturated heterocycles. The Morgan fingerprint density at radius 1 is 1.03 bits per heavy atom. The minimum Gasteiger partial charge on any atom is -0.465 e. The van der Waals surface area contributed by atoms with Crippen LogP contribution < -0.4 is 5.32 Å². The van der Waals surface area contributed by atoms with E-state index in [1.807, 2.05) is 27.8 Å². The molecule has 1 aromatic heterocycles. The molecule has 190 valence electrons. The third-order valence-corrected chi connectivity index (χ3v) is 7.62. The topological polar surface area (TPSA) is 100 Å². The first-order chi connectivity index (χ1) is 17.1. The second-order valence-corrected chi connectivity index (χ2v) is 10.2. The van der Waals surface area contributed by atoms with Crippen LogP contribution in [0.4, 0.5) is 4.79 Å². The van der Waals surface area contributed by atoms with Gasteiger partial charge in [0.25, 0.3) is 0 Å². The lowest BCUT2D eigenvalue weighted by Crippen LogP contribution is -2.44. The quantitative estimate of drug-likeness (QED) is 0.498. The summed E-state index contributed by atoms with van der Waals surface area (Å²) in [5, 5.41) is 16.7. The molecule has 0 bridgehead atoms. The van der Waals surface area contributed by atoms with E-state index >= 15 is 0 Å². The lowest BCUT2D eigenvalue weighted by atomic mass is 9.82. The molecule has 1 aromatic carbocycles. The van der Waals surface area contributed by atoms with Crippen LogP contribution in [0.15, 0.2) is 36.7 Å². The van der Waals surface area contributed by atoms with E-state index in [-0.39, 0.29) is 18.0 Å². The van der Waals surface area contributed by atoms with Gasteiger partial charge in [-0.15, -0.1) is 0 Å². The molecule has 2 N–H and O–H groups in total. The highest BCUT2D eigenvalue weighted by atomic mass is 16.4. The molecule has 1 atom stereocenters. The molecule has 2 aliphatic carbocycles. The summed E-state index contributed by atoms with van der Waals surface area (Å²) in [4.78, 5) is 31.4. The van der Waals surface area contributed by atoms with Gasteiger partial charge in [-0.2, -0.15) is 5.10 Å². The van der Waals surface area contributed by atoms with Crippen LogP contribution in [0.25, 0.3) is 0 Å². The van der Waals surface area contributed by atoms with E-state index in [0.717, 1.165) is 56.9 Å². The van der Waals surface area contributed by atoms with Gasteiger partial charge in [0.1, 0.15) is 6.33 Å². The lowest BCUT2D eigenvalue weighted by Gasteiger charge is -2.35. The highest BCUT2D eigenvalue weighted by Gasteiger charge is 2.30. The summed E-state index contributed by atoms with van der Waals surface area (Å²) in [7, 11) is 0. The molecule has 1 unspecified atom stereocenters. The van der Waals surface area contributed by atoms with Gasteiger partial charge < -0.3 is 15.3 Å². The van der Waals surface area contributed by atoms with Crippen LogP contribution in [0.3, 0.4) is 0 Å². The number of carbonyl (C=O) groups is 2. The predicted octanol–water partition coefficient (Wildman–Crippen LogP) is 4.98. The normalized spacial score (nSPS) is 18.2. The number of aromatic nitrogens is 3. The van der Waals surface area contributed by atoms with E-state index in [1.165, 1.54) is 12.8 Å². The summed E-state index contributed by atoms with van der Waals surface area (Å²) < 4.78 is 1.82. The molecule has 35 heavy (non-hydrogen) atoms. The SMILES string of the molecule is O=C(O)NC(CCC(=O)N(Cc1ncn(Cc2ccccc2)n1)C1CCCCC1)C1CCCCC1. The van der Waals surface area contributed by atoms with E-state index in [4.69, 9.17) is 0 Å². The Bertz CT molecular complexity index is 935. The lowest BCUT2D eigenvalue weighted by molar-refractivity contribution is -0.135. The van der Waals surface area contributed by atoms with Gasteiger partial charge in [-0.25, -0.2) is 14.5 Å². The van der Waals surface area contributed by atoms with Crippen molar-refractivity contribution >= 4 is 12.0 Å². The van der Waals surface area contributed by atoms with Gasteiger partial charge in [0.05, 0.1) is 13.1 Å². The fraction of sp³-hybridized carbons (Fsp3) is 0.630. The maximum atomic E-state index is 13.5. The standard InChI is InChI=1S/C27H39N5O3/c33-26(17-16-24(29-27(34)35)22-12-6-2-7-13-22)32(23-14-8-3-9-15-23)19-25-28-20-31(30-25)18-21-10-4-1-5-11-21/h1,4-5,10-11,20,22-24,29H,2-3,6-9,12-19H2,(H,34,35). The molecule has 2 aromatic rings. The minimum absolute atomic E-state index is 0.0873. The molecule has 0 aliphatic heterocycles. The molecule has 2 aliphatic rings. The van der Waals surface area contributed by atoms with Gasteiger partial charge in [0, 0.05) is 18.5 Å². The average molecular weight is 482 g/mol. The first kappa shape index (κ1) is 25.2. The number of nitrogens with zero attached hydrogens (tertiary/aromatic N) is 4. The Kier molecular flexibility index (Phi) is 9.15. The third-order valence-electron chi connectivity index (χ3n) is 7.62. The second kappa shape index (κ2) is 12.7. The summed E-state index contributed by atoms with van der Waals surface area (Å²) in [5.74, 6) is 1.07. The smallest absolute Gasteiger partial charge is 0.404 e. The maximum Gasteiger partial charge on any atom is 0.404 e. The van der Waals surface area contributed by atoms with Gasteiger partial charge in [-0.3, -0.25) is 4.79 Å². The highest BCUT2D eigenvalue weighted by Crippen LogP contribution is 2.29. The monoisotopic (exact) mass is 481 g/mol. The number of nitrogens with one attached hydrogen (secondary N) is 1. The number of carboxylic acid groups (broad SMARTS) is 1. The Hall–Kier alpha value is -2.90. The number of hydrogen-bond acceptors (Lipinski definition) is 4. The van der Waals surface area contributed by atoms with Gasteiger partial charge in [-0.1, -0.05) is 68.9 Å². The zero-order valence-corrected chi connectivity index (χ0v) is 20.6. The molecule has 2 saturated carbocycles. The van der Waals surface area contributed by atoms with E-state index in [2.05, 4.69) is 27.5 Å². The molecule has 0 spiro atoms. The predicted molar refractivity (Wildman–Crippen MR) is 134 cm³/mol. The first-order valence-electron chi connectivity index (χ1n) is 13.3. The van der Waals surface area contributed by atoms with Crippen LogP contribution in [0.2, 0.25) is 0 Å². The number of hydrogen-bond donors (Lipinski definition) is 2. The van der Waals surface area contributed by atoms with Gasteiger partial charge in [0.2, 0.25) is 5.91 Å². The van der Waals surface area contributed by atoms with Gasteiger partial charge in [0.15, 0.2) is 5.82 Å². The maximum absolute atomic E-state index is 13.5. The summed E-state index contributed by atoms with van der Waals surface area (Å²) in [6, 6.07) is 10.2. The first-order valence-corrected chi connectivity index (χ1v) is 13.3. The molecule has 8 heteroatoms. The molecule has 1 heterocycles. The molecule has 4 rings (SSSR count). The van der Waals surface area contributed by atoms with Crippen molar-refractivity contribution in [2.75, 3.05) is 0 Å². The summed E-state index contributed by atoms with van der Waals surface area (Å²) >= 11 is 0. The van der Waals surface area contributed by atoms with Crippen LogP contribution in [-0.4, -0.2) is 48.9 Å². The van der Waals surface area contributed by atoms with Crippen LogP contribution >= 0.6 is 0 Å². The number of rotatable bonds is 10. The van der Waals surface area contributed by atoms with E-state index in [0.29, 0.717) is 37.7 Å². The molecule has 0 radical (unpaired) electrons. The third kappa shape index (κ3) is 7.54. The molecule has 2 amide bonds. The van der Waals surface area contributed by atoms with Crippen molar-refractivity contribution in [2.24, 2.45) is 5.92 Å². The molecule has 2 fully saturated rings. The fourth-order valence-corrected chi connectivity index (χ4v) is 5.76. The van der Waals surface area contributed by atoms with E-state index < -0.39 is 6.09 Å². The number of carbonyl (C=O) groups excluding carboxylic acids is 1. The van der Waals surface area contributed by atoms with Crippen molar-refractivity contribution < 1.29 is 14.7 Å². The highest BCUT2D eigenvalue weighted by molar-refractivity contribution is 5.76. The Morgan fingerprint density at radius 3 is 2.40 bits per heavy atom. The van der Waals surface area contributed by atoms with Crippen molar-refractivity contribution in [3.63, 3.8) is 0 Å². The van der Waals surface area contributed by atoms with Crippen molar-refractivity contribution in [1.82, 2.24) is 25.0 Å². The number of benzene rings is 1. The fourth-order valence-electron chi connectivity index (χ4n) is 5.76. The van der Waals surface area contributed by atoms with E-state index in [1.54, 1.807) is 6.33 Å². The van der Waals surface area contributed by atoms with Crippen molar-refractivity contribution in [3.8, 4) is 0 Å². The van der Waals surface area contributed by atoms with Gasteiger partial charge in [-0.05, 0) is 43.6 Å². The Balaban J connectivity index is 1.41. The molecular weight excluding hydrogens is 442 g/mol. The zero-order valence-electron chi connectivity index (χ0n) is 20.6. The van der Waals surface area contributed by atoms with Crippen molar-refractivity contribution in [2.45, 2.75) is 102 Å². The summed E-state index contributed by atoms with van der Waals surface area (Å²) in [6.45, 7) is 1.06. The van der Waals surface area contributed by atoms with Crippen LogP contribution in [-0.2, 0) is 17.9 Å². The largest absolute Gasteiger partial charge is 0.465 e. The average Bonchev–Trinajstić information content (AvgIpc) is 3.33. The molecule has 8 nitrogen and oxygen atoms in total. The molecular formula is C27H39N5O3. The summed E-state index contributed by atoms with van der Waals surface area (Å²) in [5.41, 5.74) is 1.16. The Morgan fingerprint density at radius 2 is 1.71 bits per heavy atom. The Labute approximate surface area is 208 Å². The van der Waals surface area contributed by atoms with Crippen molar-refractivity contribution in [3.05, 3.63) is 48.0 Å². The zero-order chi connectivity index (χ0) is 24.5. The minimum atomic E-state index is -0.995. The summed E-state index contributed by atoms with van der Waals surface area (Å²) in [6.07, 6.45) is 12.7.